The van der Waals surface area contributed by atoms with E-state index in [0.717, 1.165) is 6.07 Å². The molecule has 0 heterocycles. The zero-order valence-electron chi connectivity index (χ0n) is 11.1. The molecular formula is C11H12BrClF3NO4S. The summed E-state index contributed by atoms with van der Waals surface area (Å²) in [6.45, 7) is 1.45. The number of rotatable bonds is 6. The Morgan fingerprint density at radius 3 is 2.55 bits per heavy atom. The summed E-state index contributed by atoms with van der Waals surface area (Å²) in [5, 5.41) is 11.9. The first-order valence-corrected chi connectivity index (χ1v) is 8.50. The molecule has 11 heteroatoms. The number of hydrogen-bond donors (Lipinski definition) is 2. The lowest BCUT2D eigenvalue weighted by molar-refractivity contribution is -0.0499. The summed E-state index contributed by atoms with van der Waals surface area (Å²) in [4.78, 5) is 0. The monoisotopic (exact) mass is 425 g/mol. The lowest BCUT2D eigenvalue weighted by Crippen LogP contribution is -2.28. The summed E-state index contributed by atoms with van der Waals surface area (Å²) in [6, 6.07) is 2.47. The maximum absolute atomic E-state index is 12.4. The van der Waals surface area contributed by atoms with E-state index in [-0.39, 0.29) is 18.1 Å². The van der Waals surface area contributed by atoms with Gasteiger partial charge in [0.15, 0.2) is 5.75 Å². The lowest BCUT2D eigenvalue weighted by Gasteiger charge is -2.17. The van der Waals surface area contributed by atoms with Crippen LogP contribution in [0.2, 0.25) is 0 Å². The number of aliphatic hydroxyl groups excluding tert-OH is 1. The van der Waals surface area contributed by atoms with Gasteiger partial charge in [0, 0.05) is 11.0 Å². The SMILES string of the molecule is Cc1cc(OS(=O)(=O)C(F)(F)F)c(NCC(O)CCl)cc1Br. The Morgan fingerprint density at radius 1 is 1.45 bits per heavy atom. The molecule has 0 aliphatic rings. The molecule has 0 aliphatic carbocycles. The highest BCUT2D eigenvalue weighted by Crippen LogP contribution is 2.35. The van der Waals surface area contributed by atoms with E-state index >= 15 is 0 Å². The molecule has 1 aromatic carbocycles. The summed E-state index contributed by atoms with van der Waals surface area (Å²) < 4.78 is 64.1. The molecule has 1 unspecified atom stereocenters. The van der Waals surface area contributed by atoms with Crippen LogP contribution in [0, 0.1) is 6.92 Å². The minimum atomic E-state index is -5.79. The van der Waals surface area contributed by atoms with Crippen molar-refractivity contribution in [1.29, 1.82) is 0 Å². The molecule has 0 fully saturated rings. The standard InChI is InChI=1S/C11H12BrClF3NO4S/c1-6-2-10(21-22(19,20)11(14,15)16)9(3-8(6)12)17-5-7(18)4-13/h2-3,7,17-18H,4-5H2,1H3. The van der Waals surface area contributed by atoms with Crippen molar-refractivity contribution >= 4 is 43.3 Å². The van der Waals surface area contributed by atoms with Crippen LogP contribution in [0.5, 0.6) is 5.75 Å². The Bertz CT molecular complexity index is 639. The second-order valence-electron chi connectivity index (χ2n) is 4.27. The minimum Gasteiger partial charge on any atom is -0.390 e. The first-order chi connectivity index (χ1) is 9.98. The molecule has 22 heavy (non-hydrogen) atoms. The predicted molar refractivity (Wildman–Crippen MR) is 79.7 cm³/mol. The Kier molecular flexibility index (Phi) is 6.36. The van der Waals surface area contributed by atoms with Crippen LogP contribution in [0.3, 0.4) is 0 Å². The van der Waals surface area contributed by atoms with Crippen molar-refractivity contribution in [1.82, 2.24) is 0 Å². The summed E-state index contributed by atoms with van der Waals surface area (Å²) in [5.41, 5.74) is -5.11. The van der Waals surface area contributed by atoms with Crippen molar-refractivity contribution in [2.24, 2.45) is 0 Å². The van der Waals surface area contributed by atoms with Crippen LogP contribution < -0.4 is 9.50 Å². The zero-order valence-corrected chi connectivity index (χ0v) is 14.3. The summed E-state index contributed by atoms with van der Waals surface area (Å²) >= 11 is 8.57. The predicted octanol–water partition coefficient (Wildman–Crippen LogP) is 3.00. The third-order valence-electron chi connectivity index (χ3n) is 2.45. The second-order valence-corrected chi connectivity index (χ2v) is 6.97. The molecule has 0 spiro atoms. The molecule has 0 radical (unpaired) electrons. The Labute approximate surface area is 138 Å². The van der Waals surface area contributed by atoms with Gasteiger partial charge in [0.1, 0.15) is 0 Å². The third-order valence-corrected chi connectivity index (χ3v) is 4.63. The van der Waals surface area contributed by atoms with E-state index in [1.807, 2.05) is 0 Å². The highest BCUT2D eigenvalue weighted by molar-refractivity contribution is 9.10. The molecule has 0 aliphatic heterocycles. The van der Waals surface area contributed by atoms with Gasteiger partial charge in [-0.3, -0.25) is 0 Å². The summed E-state index contributed by atoms with van der Waals surface area (Å²) in [6.07, 6.45) is -0.964. The van der Waals surface area contributed by atoms with E-state index < -0.39 is 27.5 Å². The number of anilines is 1. The molecule has 0 saturated heterocycles. The highest BCUT2D eigenvalue weighted by atomic mass is 79.9. The number of benzene rings is 1. The van der Waals surface area contributed by atoms with E-state index in [9.17, 15) is 26.7 Å². The van der Waals surface area contributed by atoms with Gasteiger partial charge in [-0.25, -0.2) is 0 Å². The van der Waals surface area contributed by atoms with Gasteiger partial charge in [0.25, 0.3) is 0 Å². The van der Waals surface area contributed by atoms with E-state index in [1.165, 1.54) is 6.07 Å². The van der Waals surface area contributed by atoms with Crippen molar-refractivity contribution in [2.75, 3.05) is 17.7 Å². The number of alkyl halides is 4. The van der Waals surface area contributed by atoms with Gasteiger partial charge in [-0.1, -0.05) is 15.9 Å². The van der Waals surface area contributed by atoms with Gasteiger partial charge in [0.2, 0.25) is 0 Å². The number of hydrogen-bond acceptors (Lipinski definition) is 5. The van der Waals surface area contributed by atoms with Gasteiger partial charge >= 0.3 is 15.6 Å². The molecule has 1 atom stereocenters. The molecule has 0 aromatic heterocycles. The smallest absolute Gasteiger partial charge is 0.390 e. The summed E-state index contributed by atoms with van der Waals surface area (Å²) in [5.74, 6) is -0.628. The highest BCUT2D eigenvalue weighted by Gasteiger charge is 2.48. The maximum Gasteiger partial charge on any atom is 0.534 e. The van der Waals surface area contributed by atoms with Crippen LogP contribution in [-0.2, 0) is 10.1 Å². The van der Waals surface area contributed by atoms with Crippen LogP contribution in [-0.4, -0.2) is 37.6 Å². The Hall–Kier alpha value is -0.710. The minimum absolute atomic E-state index is 0.0329. The molecular weight excluding hydrogens is 415 g/mol. The molecule has 126 valence electrons. The molecule has 5 nitrogen and oxygen atoms in total. The Morgan fingerprint density at radius 2 is 2.05 bits per heavy atom. The first kappa shape index (κ1) is 19.3. The van der Waals surface area contributed by atoms with Gasteiger partial charge in [-0.15, -0.1) is 11.6 Å². The average Bonchev–Trinajstić information content (AvgIpc) is 2.39. The third kappa shape index (κ3) is 4.90. The largest absolute Gasteiger partial charge is 0.534 e. The molecule has 0 amide bonds. The second kappa shape index (κ2) is 7.24. The van der Waals surface area contributed by atoms with E-state index in [2.05, 4.69) is 25.4 Å². The maximum atomic E-state index is 12.4. The zero-order chi connectivity index (χ0) is 17.1. The topological polar surface area (TPSA) is 75.6 Å². The Balaban J connectivity index is 3.15. The van der Waals surface area contributed by atoms with Crippen molar-refractivity contribution in [2.45, 2.75) is 18.5 Å². The van der Waals surface area contributed by atoms with Crippen molar-refractivity contribution in [3.63, 3.8) is 0 Å². The van der Waals surface area contributed by atoms with E-state index in [0.29, 0.717) is 10.0 Å². The van der Waals surface area contributed by atoms with Gasteiger partial charge in [0.05, 0.1) is 17.7 Å². The fraction of sp³-hybridized carbons (Fsp3) is 0.455. The number of nitrogens with one attached hydrogen (secondary N) is 1. The van der Waals surface area contributed by atoms with Crippen molar-refractivity contribution in [3.8, 4) is 5.75 Å². The fourth-order valence-corrected chi connectivity index (χ4v) is 2.23. The number of aryl methyl sites for hydroxylation is 1. The van der Waals surface area contributed by atoms with Crippen LogP contribution >= 0.6 is 27.5 Å². The lowest BCUT2D eigenvalue weighted by atomic mass is 10.2. The number of aliphatic hydroxyl groups is 1. The van der Waals surface area contributed by atoms with E-state index in [1.54, 1.807) is 6.92 Å². The first-order valence-electron chi connectivity index (χ1n) is 5.76. The molecule has 1 rings (SSSR count). The summed E-state index contributed by atoms with van der Waals surface area (Å²) in [7, 11) is -5.79. The van der Waals surface area contributed by atoms with Gasteiger partial charge < -0.3 is 14.6 Å². The van der Waals surface area contributed by atoms with Crippen LogP contribution in [0.4, 0.5) is 18.9 Å². The van der Waals surface area contributed by atoms with Crippen LogP contribution in [0.25, 0.3) is 0 Å². The molecule has 0 saturated carbocycles. The van der Waals surface area contributed by atoms with Crippen LogP contribution in [0.15, 0.2) is 16.6 Å². The van der Waals surface area contributed by atoms with Crippen molar-refractivity contribution < 1.29 is 30.9 Å². The number of halogens is 5. The normalized spacial score (nSPS) is 13.8. The molecule has 2 N–H and O–H groups in total. The molecule has 0 bridgehead atoms. The average molecular weight is 427 g/mol. The molecule has 1 aromatic rings. The van der Waals surface area contributed by atoms with Crippen molar-refractivity contribution in [3.05, 3.63) is 22.2 Å². The van der Waals surface area contributed by atoms with Crippen LogP contribution in [0.1, 0.15) is 5.56 Å². The van der Waals surface area contributed by atoms with Gasteiger partial charge in [-0.05, 0) is 24.6 Å². The van der Waals surface area contributed by atoms with E-state index in [4.69, 9.17) is 11.6 Å². The van der Waals surface area contributed by atoms with Gasteiger partial charge in [-0.2, -0.15) is 21.6 Å². The quantitative estimate of drug-likeness (QED) is 0.415. The fourth-order valence-electron chi connectivity index (χ4n) is 1.31.